The van der Waals surface area contributed by atoms with Crippen LogP contribution in [0.15, 0.2) is 54.6 Å². The van der Waals surface area contributed by atoms with Crippen molar-refractivity contribution in [2.24, 2.45) is 0 Å². The Bertz CT molecular complexity index is 916. The predicted octanol–water partition coefficient (Wildman–Crippen LogP) is 3.25. The summed E-state index contributed by atoms with van der Waals surface area (Å²) in [5, 5.41) is 0. The van der Waals surface area contributed by atoms with Crippen molar-refractivity contribution in [2.75, 3.05) is 12.0 Å². The van der Waals surface area contributed by atoms with Crippen molar-refractivity contribution in [2.45, 2.75) is 25.5 Å². The Morgan fingerprint density at radius 3 is 2.62 bits per heavy atom. The number of rotatable bonds is 3. The van der Waals surface area contributed by atoms with Crippen LogP contribution in [0.4, 0.5) is 5.69 Å². The molecule has 0 saturated carbocycles. The van der Waals surface area contributed by atoms with Crippen LogP contribution in [-0.4, -0.2) is 19.0 Å². The molecule has 5 heteroatoms. The lowest BCUT2D eigenvalue weighted by atomic mass is 9.89. The van der Waals surface area contributed by atoms with E-state index in [0.717, 1.165) is 28.1 Å². The highest BCUT2D eigenvalue weighted by Gasteiger charge is 2.54. The number of hydrogen-bond donors (Lipinski definition) is 0. The molecule has 2 aliphatic rings. The number of anilines is 1. The normalized spacial score (nSPS) is 21.1. The van der Waals surface area contributed by atoms with Crippen LogP contribution < -0.4 is 9.64 Å². The van der Waals surface area contributed by atoms with Crippen LogP contribution in [-0.2, 0) is 26.5 Å². The van der Waals surface area contributed by atoms with Crippen molar-refractivity contribution >= 4 is 17.6 Å². The maximum atomic E-state index is 13.3. The Kier molecular flexibility index (Phi) is 3.80. The smallest absolute Gasteiger partial charge is 0.331 e. The van der Waals surface area contributed by atoms with Gasteiger partial charge in [-0.25, -0.2) is 4.79 Å². The van der Waals surface area contributed by atoms with Crippen LogP contribution in [0.5, 0.6) is 5.75 Å². The van der Waals surface area contributed by atoms with Crippen molar-refractivity contribution in [1.82, 2.24) is 0 Å². The zero-order valence-corrected chi connectivity index (χ0v) is 14.7. The average Bonchev–Trinajstić information content (AvgIpc) is 2.85. The third kappa shape index (κ3) is 2.47. The average molecular weight is 349 g/mol. The van der Waals surface area contributed by atoms with E-state index in [1.807, 2.05) is 49.4 Å². The number of hydrogen-bond acceptors (Lipinski definition) is 4. The van der Waals surface area contributed by atoms with Crippen molar-refractivity contribution in [3.63, 3.8) is 0 Å². The molecule has 1 spiro atoms. The van der Waals surface area contributed by atoms with Crippen molar-refractivity contribution < 1.29 is 19.1 Å². The van der Waals surface area contributed by atoms with Crippen LogP contribution in [0.1, 0.15) is 23.1 Å². The second kappa shape index (κ2) is 6.02. The standard InChI is InChI=1S/C21H19NO4/c1-14-5-10-18-17(12-14)21(11-3-4-19(23)26-21)20(24)22(18)13-15-6-8-16(25-2)9-7-15/h3-10,12H,11,13H2,1-2H3/t21-/m1/s1. The Hall–Kier alpha value is -3.08. The Balaban J connectivity index is 1.75. The second-order valence-electron chi connectivity index (χ2n) is 6.61. The lowest BCUT2D eigenvalue weighted by molar-refractivity contribution is -0.164. The molecule has 0 aliphatic carbocycles. The lowest BCUT2D eigenvalue weighted by Crippen LogP contribution is -2.44. The first-order valence-electron chi connectivity index (χ1n) is 8.49. The van der Waals surface area contributed by atoms with E-state index in [9.17, 15) is 9.59 Å². The van der Waals surface area contributed by atoms with E-state index in [1.54, 1.807) is 18.1 Å². The number of carbonyl (C=O) groups excluding carboxylic acids is 2. The molecule has 1 atom stereocenters. The molecule has 0 radical (unpaired) electrons. The van der Waals surface area contributed by atoms with Crippen molar-refractivity contribution in [3.05, 3.63) is 71.3 Å². The molecule has 0 bridgehead atoms. The number of methoxy groups -OCH3 is 1. The first-order chi connectivity index (χ1) is 12.5. The number of ether oxygens (including phenoxy) is 2. The molecule has 26 heavy (non-hydrogen) atoms. The van der Waals surface area contributed by atoms with Crippen LogP contribution in [0, 0.1) is 6.92 Å². The van der Waals surface area contributed by atoms with Gasteiger partial charge in [-0.2, -0.15) is 0 Å². The fourth-order valence-corrected chi connectivity index (χ4v) is 3.59. The number of esters is 1. The van der Waals surface area contributed by atoms with Gasteiger partial charge in [0.1, 0.15) is 5.75 Å². The summed E-state index contributed by atoms with van der Waals surface area (Å²) >= 11 is 0. The van der Waals surface area contributed by atoms with Gasteiger partial charge >= 0.3 is 5.97 Å². The van der Waals surface area contributed by atoms with Crippen LogP contribution >= 0.6 is 0 Å². The van der Waals surface area contributed by atoms with E-state index in [1.165, 1.54) is 6.08 Å². The highest BCUT2D eigenvalue weighted by molar-refractivity contribution is 6.09. The quantitative estimate of drug-likeness (QED) is 0.798. The maximum Gasteiger partial charge on any atom is 0.331 e. The highest BCUT2D eigenvalue weighted by atomic mass is 16.6. The molecule has 2 aromatic rings. The minimum Gasteiger partial charge on any atom is -0.497 e. The summed E-state index contributed by atoms with van der Waals surface area (Å²) in [7, 11) is 1.62. The SMILES string of the molecule is COc1ccc(CN2C(=O)[C@@]3(CC=CC(=O)O3)c3cc(C)ccc32)cc1. The van der Waals surface area contributed by atoms with Crippen LogP contribution in [0.2, 0.25) is 0 Å². The molecule has 132 valence electrons. The van der Waals surface area contributed by atoms with Gasteiger partial charge in [0.25, 0.3) is 5.91 Å². The summed E-state index contributed by atoms with van der Waals surface area (Å²) in [6.07, 6.45) is 3.44. The molecule has 0 fully saturated rings. The largest absolute Gasteiger partial charge is 0.497 e. The molecule has 2 aliphatic heterocycles. The first kappa shape index (κ1) is 16.4. The number of aryl methyl sites for hydroxylation is 1. The number of fused-ring (bicyclic) bond motifs is 2. The minimum atomic E-state index is -1.25. The predicted molar refractivity (Wildman–Crippen MR) is 96.9 cm³/mol. The zero-order valence-electron chi connectivity index (χ0n) is 14.7. The summed E-state index contributed by atoms with van der Waals surface area (Å²) in [6, 6.07) is 13.4. The van der Waals surface area contributed by atoms with Gasteiger partial charge in [0.05, 0.1) is 19.3 Å². The Labute approximate surface area is 151 Å². The molecular weight excluding hydrogens is 330 g/mol. The summed E-state index contributed by atoms with van der Waals surface area (Å²) < 4.78 is 10.8. The van der Waals surface area contributed by atoms with Crippen LogP contribution in [0.25, 0.3) is 0 Å². The minimum absolute atomic E-state index is 0.202. The lowest BCUT2D eigenvalue weighted by Gasteiger charge is -2.29. The fourth-order valence-electron chi connectivity index (χ4n) is 3.59. The first-order valence-corrected chi connectivity index (χ1v) is 8.49. The summed E-state index contributed by atoms with van der Waals surface area (Å²) in [4.78, 5) is 26.9. The van der Waals surface area contributed by atoms with E-state index in [2.05, 4.69) is 0 Å². The summed E-state index contributed by atoms with van der Waals surface area (Å²) in [6.45, 7) is 2.37. The van der Waals surface area contributed by atoms with Gasteiger partial charge in [0, 0.05) is 18.1 Å². The molecule has 2 heterocycles. The Morgan fingerprint density at radius 2 is 1.92 bits per heavy atom. The molecule has 0 saturated heterocycles. The monoisotopic (exact) mass is 349 g/mol. The molecule has 1 amide bonds. The second-order valence-corrected chi connectivity index (χ2v) is 6.61. The van der Waals surface area contributed by atoms with Gasteiger partial charge in [-0.05, 0) is 36.8 Å². The van der Waals surface area contributed by atoms with Gasteiger partial charge in [0.2, 0.25) is 5.60 Å². The number of benzene rings is 2. The van der Waals surface area contributed by atoms with Gasteiger partial charge < -0.3 is 14.4 Å². The molecule has 5 nitrogen and oxygen atoms in total. The molecular formula is C21H19NO4. The van der Waals surface area contributed by atoms with E-state index < -0.39 is 11.6 Å². The fraction of sp³-hybridized carbons (Fsp3) is 0.238. The molecule has 0 unspecified atom stereocenters. The van der Waals surface area contributed by atoms with Crippen LogP contribution in [0.3, 0.4) is 0 Å². The number of nitrogens with zero attached hydrogens (tertiary/aromatic N) is 1. The third-order valence-corrected chi connectivity index (χ3v) is 4.90. The van der Waals surface area contributed by atoms with Gasteiger partial charge in [-0.15, -0.1) is 0 Å². The topological polar surface area (TPSA) is 55.8 Å². The number of amides is 1. The van der Waals surface area contributed by atoms with E-state index in [0.29, 0.717) is 13.0 Å². The molecule has 0 aromatic heterocycles. The third-order valence-electron chi connectivity index (χ3n) is 4.90. The molecule has 2 aromatic carbocycles. The van der Waals surface area contributed by atoms with E-state index in [4.69, 9.17) is 9.47 Å². The van der Waals surface area contributed by atoms with E-state index >= 15 is 0 Å². The highest BCUT2D eigenvalue weighted by Crippen LogP contribution is 2.47. The van der Waals surface area contributed by atoms with Crippen molar-refractivity contribution in [1.29, 1.82) is 0 Å². The van der Waals surface area contributed by atoms with E-state index in [-0.39, 0.29) is 5.91 Å². The van der Waals surface area contributed by atoms with Gasteiger partial charge in [-0.1, -0.05) is 29.8 Å². The number of carbonyl (C=O) groups is 2. The summed E-state index contributed by atoms with van der Waals surface area (Å²) in [5.41, 5.74) is 2.29. The zero-order chi connectivity index (χ0) is 18.3. The molecule has 4 rings (SSSR count). The van der Waals surface area contributed by atoms with Gasteiger partial charge in [-0.3, -0.25) is 4.79 Å². The Morgan fingerprint density at radius 1 is 1.15 bits per heavy atom. The maximum absolute atomic E-state index is 13.3. The summed E-state index contributed by atoms with van der Waals surface area (Å²) in [5.74, 6) is 0.0790. The molecule has 0 N–H and O–H groups in total. The van der Waals surface area contributed by atoms with Gasteiger partial charge in [0.15, 0.2) is 0 Å². The van der Waals surface area contributed by atoms with Crippen molar-refractivity contribution in [3.8, 4) is 5.75 Å².